The van der Waals surface area contributed by atoms with Crippen LogP contribution in [0.5, 0.6) is 17.2 Å². The van der Waals surface area contributed by atoms with Crippen molar-refractivity contribution in [2.24, 2.45) is 0 Å². The summed E-state index contributed by atoms with van der Waals surface area (Å²) in [6.45, 7) is 4.19. The van der Waals surface area contributed by atoms with Crippen molar-refractivity contribution >= 4 is 28.5 Å². The molecule has 1 aliphatic carbocycles. The minimum absolute atomic E-state index is 0.148. The van der Waals surface area contributed by atoms with Crippen molar-refractivity contribution < 1.29 is 19.0 Å². The van der Waals surface area contributed by atoms with Crippen LogP contribution in [0.15, 0.2) is 30.9 Å². The first-order chi connectivity index (χ1) is 14.1. The molecule has 1 heterocycles. The Morgan fingerprint density at radius 2 is 1.86 bits per heavy atom. The van der Waals surface area contributed by atoms with Gasteiger partial charge in [-0.25, -0.2) is 4.98 Å². The van der Waals surface area contributed by atoms with Gasteiger partial charge in [0.15, 0.2) is 16.6 Å². The molecule has 0 saturated heterocycles. The summed E-state index contributed by atoms with van der Waals surface area (Å²) >= 11 is 1.61. The summed E-state index contributed by atoms with van der Waals surface area (Å²) in [6, 6.07) is 3.59. The number of anilines is 1. The zero-order valence-electron chi connectivity index (χ0n) is 17.1. The lowest BCUT2D eigenvalue weighted by atomic mass is 10.0. The van der Waals surface area contributed by atoms with Gasteiger partial charge in [0, 0.05) is 17.5 Å². The van der Waals surface area contributed by atoms with E-state index in [1.165, 1.54) is 17.4 Å². The molecule has 0 radical (unpaired) electrons. The molecule has 29 heavy (non-hydrogen) atoms. The molecule has 1 aromatic carbocycles. The van der Waals surface area contributed by atoms with Crippen LogP contribution in [0.2, 0.25) is 0 Å². The zero-order valence-corrected chi connectivity index (χ0v) is 17.9. The van der Waals surface area contributed by atoms with E-state index >= 15 is 0 Å². The Balaban J connectivity index is 1.85. The Kier molecular flexibility index (Phi) is 6.93. The number of benzene rings is 1. The molecule has 0 N–H and O–H groups in total. The van der Waals surface area contributed by atoms with Crippen LogP contribution in [-0.2, 0) is 17.6 Å². The fourth-order valence-electron chi connectivity index (χ4n) is 3.30. The number of rotatable bonds is 8. The molecule has 6 nitrogen and oxygen atoms in total. The normalized spacial score (nSPS) is 13.1. The number of aromatic nitrogens is 1. The highest BCUT2D eigenvalue weighted by atomic mass is 32.1. The second-order valence-electron chi connectivity index (χ2n) is 6.60. The molecule has 2 aromatic rings. The van der Waals surface area contributed by atoms with Gasteiger partial charge in [-0.05, 0) is 49.5 Å². The summed E-state index contributed by atoms with van der Waals surface area (Å²) in [7, 11) is 4.68. The standard InChI is InChI=1S/C22H26N2O4S/c1-5-12-24(22-23-16-8-6-7-9-19(16)29-22)20(25)11-10-15-13-17(26-2)21(28-4)18(14-15)27-3/h5,10-11,13-14H,1,6-9,12H2,2-4H3/b11-10+. The molecule has 3 rings (SSSR count). The van der Waals surface area contributed by atoms with Crippen molar-refractivity contribution in [3.8, 4) is 17.2 Å². The van der Waals surface area contributed by atoms with E-state index in [1.807, 2.05) is 0 Å². The van der Waals surface area contributed by atoms with E-state index in [4.69, 9.17) is 19.2 Å². The molecule has 7 heteroatoms. The number of carbonyl (C=O) groups is 1. The smallest absolute Gasteiger partial charge is 0.253 e. The zero-order chi connectivity index (χ0) is 20.8. The van der Waals surface area contributed by atoms with E-state index in [9.17, 15) is 4.79 Å². The second kappa shape index (κ2) is 9.60. The molecular formula is C22H26N2O4S. The molecule has 0 aliphatic heterocycles. The average Bonchev–Trinajstić information content (AvgIpc) is 3.18. The molecule has 0 spiro atoms. The number of hydrogen-bond donors (Lipinski definition) is 0. The summed E-state index contributed by atoms with van der Waals surface area (Å²) in [5.41, 5.74) is 1.90. The van der Waals surface area contributed by atoms with Crippen LogP contribution in [0.25, 0.3) is 6.08 Å². The number of hydrogen-bond acceptors (Lipinski definition) is 6. The summed E-state index contributed by atoms with van der Waals surface area (Å²) in [4.78, 5) is 20.6. The van der Waals surface area contributed by atoms with Gasteiger partial charge in [-0.3, -0.25) is 9.69 Å². The predicted octanol–water partition coefficient (Wildman–Crippen LogP) is 4.28. The molecular weight excluding hydrogens is 388 g/mol. The van der Waals surface area contributed by atoms with Gasteiger partial charge in [-0.15, -0.1) is 17.9 Å². The van der Waals surface area contributed by atoms with E-state index in [0.717, 1.165) is 35.7 Å². The Labute approximate surface area is 175 Å². The van der Waals surface area contributed by atoms with E-state index < -0.39 is 0 Å². The lowest BCUT2D eigenvalue weighted by Crippen LogP contribution is -2.29. The first-order valence-electron chi connectivity index (χ1n) is 9.50. The lowest BCUT2D eigenvalue weighted by Gasteiger charge is -2.16. The van der Waals surface area contributed by atoms with E-state index in [2.05, 4.69) is 6.58 Å². The third-order valence-electron chi connectivity index (χ3n) is 4.75. The van der Waals surface area contributed by atoms with Crippen molar-refractivity contribution in [3.63, 3.8) is 0 Å². The molecule has 1 aliphatic rings. The van der Waals surface area contributed by atoms with Gasteiger partial charge >= 0.3 is 0 Å². The third-order valence-corrected chi connectivity index (χ3v) is 5.93. The first-order valence-corrected chi connectivity index (χ1v) is 10.3. The van der Waals surface area contributed by atoms with Crippen LogP contribution in [-0.4, -0.2) is 38.8 Å². The van der Waals surface area contributed by atoms with Crippen molar-refractivity contribution in [1.29, 1.82) is 0 Å². The molecule has 1 aromatic heterocycles. The summed E-state index contributed by atoms with van der Waals surface area (Å²) in [6.07, 6.45) is 9.36. The molecule has 0 fully saturated rings. The van der Waals surface area contributed by atoms with Crippen LogP contribution in [0.4, 0.5) is 5.13 Å². The fourth-order valence-corrected chi connectivity index (χ4v) is 4.46. The number of methoxy groups -OCH3 is 3. The van der Waals surface area contributed by atoms with Crippen molar-refractivity contribution in [3.05, 3.63) is 47.0 Å². The Hall–Kier alpha value is -2.80. The highest BCUT2D eigenvalue weighted by Gasteiger charge is 2.21. The van der Waals surface area contributed by atoms with Gasteiger partial charge in [0.1, 0.15) is 0 Å². The number of carbonyl (C=O) groups excluding carboxylic acids is 1. The van der Waals surface area contributed by atoms with E-state index in [1.54, 1.807) is 61.9 Å². The van der Waals surface area contributed by atoms with E-state index in [-0.39, 0.29) is 5.91 Å². The number of amides is 1. The molecule has 0 unspecified atom stereocenters. The van der Waals surface area contributed by atoms with Crippen LogP contribution in [0.1, 0.15) is 29.0 Å². The Morgan fingerprint density at radius 1 is 1.17 bits per heavy atom. The van der Waals surface area contributed by atoms with Gasteiger partial charge in [-0.2, -0.15) is 0 Å². The van der Waals surface area contributed by atoms with Crippen LogP contribution >= 0.6 is 11.3 Å². The largest absolute Gasteiger partial charge is 0.493 e. The molecule has 0 atom stereocenters. The van der Waals surface area contributed by atoms with Gasteiger partial charge < -0.3 is 14.2 Å². The minimum Gasteiger partial charge on any atom is -0.493 e. The summed E-state index contributed by atoms with van der Waals surface area (Å²) in [5.74, 6) is 1.44. The van der Waals surface area contributed by atoms with Crippen molar-refractivity contribution in [2.75, 3.05) is 32.8 Å². The maximum absolute atomic E-state index is 12.9. The van der Waals surface area contributed by atoms with Gasteiger partial charge in [0.05, 0.1) is 27.0 Å². The fraction of sp³-hybridized carbons (Fsp3) is 0.364. The molecule has 154 valence electrons. The predicted molar refractivity (Wildman–Crippen MR) is 116 cm³/mol. The van der Waals surface area contributed by atoms with Gasteiger partial charge in [0.2, 0.25) is 5.75 Å². The van der Waals surface area contributed by atoms with Crippen molar-refractivity contribution in [2.45, 2.75) is 25.7 Å². The summed E-state index contributed by atoms with van der Waals surface area (Å²) < 4.78 is 16.1. The highest BCUT2D eigenvalue weighted by molar-refractivity contribution is 7.16. The van der Waals surface area contributed by atoms with Crippen LogP contribution in [0.3, 0.4) is 0 Å². The second-order valence-corrected chi connectivity index (χ2v) is 7.67. The minimum atomic E-state index is -0.148. The number of nitrogens with zero attached hydrogens (tertiary/aromatic N) is 2. The SMILES string of the molecule is C=CCN(C(=O)/C=C/c1cc(OC)c(OC)c(OC)c1)c1nc2c(s1)CCCC2. The van der Waals surface area contributed by atoms with Gasteiger partial charge in [0.25, 0.3) is 5.91 Å². The Bertz CT molecular complexity index is 871. The number of fused-ring (bicyclic) bond motifs is 1. The van der Waals surface area contributed by atoms with Crippen LogP contribution < -0.4 is 19.1 Å². The average molecular weight is 415 g/mol. The first kappa shape index (κ1) is 20.9. The molecule has 0 saturated carbocycles. The maximum Gasteiger partial charge on any atom is 0.253 e. The quantitative estimate of drug-likeness (QED) is 0.477. The van der Waals surface area contributed by atoms with Crippen LogP contribution in [0, 0.1) is 0 Å². The lowest BCUT2D eigenvalue weighted by molar-refractivity contribution is -0.114. The third kappa shape index (κ3) is 4.62. The number of aryl methyl sites for hydroxylation is 2. The van der Waals surface area contributed by atoms with Crippen molar-refractivity contribution in [1.82, 2.24) is 4.98 Å². The number of thiazole rings is 1. The number of ether oxygens (including phenoxy) is 3. The summed E-state index contributed by atoms with van der Waals surface area (Å²) in [5, 5.41) is 0.733. The van der Waals surface area contributed by atoms with Gasteiger partial charge in [-0.1, -0.05) is 6.08 Å². The maximum atomic E-state index is 12.9. The monoisotopic (exact) mass is 414 g/mol. The Morgan fingerprint density at radius 3 is 2.45 bits per heavy atom. The highest BCUT2D eigenvalue weighted by Crippen LogP contribution is 2.38. The van der Waals surface area contributed by atoms with E-state index in [0.29, 0.717) is 23.8 Å². The molecule has 0 bridgehead atoms. The molecule has 1 amide bonds. The topological polar surface area (TPSA) is 60.9 Å².